The van der Waals surface area contributed by atoms with Crippen LogP contribution in [0.5, 0.6) is 0 Å². The van der Waals surface area contributed by atoms with Crippen LogP contribution in [0, 0.1) is 5.82 Å². The van der Waals surface area contributed by atoms with Gasteiger partial charge in [0, 0.05) is 18.5 Å². The van der Waals surface area contributed by atoms with Gasteiger partial charge in [-0.2, -0.15) is 11.8 Å². The third kappa shape index (κ3) is 4.52. The van der Waals surface area contributed by atoms with E-state index < -0.39 is 21.4 Å². The molecule has 0 aliphatic carbocycles. The van der Waals surface area contributed by atoms with Gasteiger partial charge in [0.1, 0.15) is 10.7 Å². The van der Waals surface area contributed by atoms with Gasteiger partial charge in [0.2, 0.25) is 10.0 Å². The maximum Gasteiger partial charge on any atom is 0.242 e. The molecular weight excluding hydrogens is 279 g/mol. The van der Waals surface area contributed by atoms with Crippen LogP contribution in [0.4, 0.5) is 4.39 Å². The van der Waals surface area contributed by atoms with E-state index in [1.54, 1.807) is 6.26 Å². The highest BCUT2D eigenvalue weighted by atomic mass is 32.2. The monoisotopic (exact) mass is 294 g/mol. The van der Waals surface area contributed by atoms with E-state index in [0.29, 0.717) is 5.75 Å². The molecule has 102 valence electrons. The van der Waals surface area contributed by atoms with E-state index in [0.717, 1.165) is 18.5 Å². The number of aromatic nitrogens is 1. The molecule has 1 atom stereocenters. The Hall–Kier alpha value is -0.700. The van der Waals surface area contributed by atoms with Gasteiger partial charge in [-0.25, -0.2) is 17.5 Å². The molecule has 1 rings (SSSR count). The van der Waals surface area contributed by atoms with Crippen LogP contribution >= 0.6 is 11.8 Å². The van der Waals surface area contributed by atoms with Crippen molar-refractivity contribution >= 4 is 21.8 Å². The molecule has 1 heterocycles. The van der Waals surface area contributed by atoms with Gasteiger partial charge in [0.25, 0.3) is 0 Å². The Morgan fingerprint density at radius 1 is 1.56 bits per heavy atom. The lowest BCUT2D eigenvalue weighted by molar-refractivity contribution is 0.0908. The lowest BCUT2D eigenvalue weighted by atomic mass is 10.1. The highest BCUT2D eigenvalue weighted by Gasteiger charge is 2.24. The number of nitrogens with zero attached hydrogens (tertiary/aromatic N) is 1. The summed E-state index contributed by atoms with van der Waals surface area (Å²) >= 11 is 1.40. The summed E-state index contributed by atoms with van der Waals surface area (Å²) < 4.78 is 38.7. The average molecular weight is 294 g/mol. The van der Waals surface area contributed by atoms with E-state index in [4.69, 9.17) is 0 Å². The number of sulfonamides is 1. The smallest absolute Gasteiger partial charge is 0.242 e. The summed E-state index contributed by atoms with van der Waals surface area (Å²) in [7, 11) is -3.86. The first-order chi connectivity index (χ1) is 8.27. The fraction of sp³-hybridized carbons (Fsp3) is 0.500. The summed E-state index contributed by atoms with van der Waals surface area (Å²) in [5, 5.41) is 9.84. The molecule has 0 aromatic carbocycles. The minimum atomic E-state index is -3.86. The second kappa shape index (κ2) is 5.96. The van der Waals surface area contributed by atoms with Crippen molar-refractivity contribution in [2.75, 3.05) is 18.6 Å². The van der Waals surface area contributed by atoms with Gasteiger partial charge >= 0.3 is 0 Å². The van der Waals surface area contributed by atoms with Gasteiger partial charge in [-0.1, -0.05) is 0 Å². The summed E-state index contributed by atoms with van der Waals surface area (Å²) in [6.45, 7) is 1.38. The largest absolute Gasteiger partial charge is 0.388 e. The number of nitrogens with one attached hydrogen (secondary N) is 1. The predicted molar refractivity (Wildman–Crippen MR) is 68.4 cm³/mol. The molecule has 0 saturated heterocycles. The van der Waals surface area contributed by atoms with Crippen LogP contribution in [0.2, 0.25) is 0 Å². The van der Waals surface area contributed by atoms with E-state index in [9.17, 15) is 17.9 Å². The van der Waals surface area contributed by atoms with Gasteiger partial charge in [-0.3, -0.25) is 4.98 Å². The fourth-order valence-corrected chi connectivity index (χ4v) is 3.09. The standard InChI is InChI=1S/C10H15FN2O3S2/c1-10(14,7-17-2)6-13-18(15,16)9-3-8(11)4-12-5-9/h3-5,13-14H,6-7H2,1-2H3. The van der Waals surface area contributed by atoms with Gasteiger partial charge in [-0.05, 0) is 19.2 Å². The molecule has 2 N–H and O–H groups in total. The van der Waals surface area contributed by atoms with Gasteiger partial charge in [0.05, 0.1) is 11.8 Å². The Balaban J connectivity index is 2.78. The zero-order valence-corrected chi connectivity index (χ0v) is 11.7. The molecule has 0 aliphatic heterocycles. The number of pyridine rings is 1. The molecule has 0 saturated carbocycles. The number of halogens is 1. The average Bonchev–Trinajstić information content (AvgIpc) is 2.27. The highest BCUT2D eigenvalue weighted by molar-refractivity contribution is 7.98. The Morgan fingerprint density at radius 2 is 2.22 bits per heavy atom. The summed E-state index contributed by atoms with van der Waals surface area (Å²) in [6.07, 6.45) is 3.77. The molecule has 1 aromatic heterocycles. The third-order valence-electron chi connectivity index (χ3n) is 2.09. The first kappa shape index (κ1) is 15.4. The van der Waals surface area contributed by atoms with Crippen molar-refractivity contribution in [3.63, 3.8) is 0 Å². The van der Waals surface area contributed by atoms with Crippen molar-refractivity contribution in [3.05, 3.63) is 24.3 Å². The zero-order chi connectivity index (χ0) is 13.8. The van der Waals surface area contributed by atoms with Crippen molar-refractivity contribution in [1.29, 1.82) is 0 Å². The topological polar surface area (TPSA) is 79.3 Å². The number of thioether (sulfide) groups is 1. The Kier molecular flexibility index (Phi) is 5.09. The number of hydrogen-bond acceptors (Lipinski definition) is 5. The molecule has 0 fully saturated rings. The van der Waals surface area contributed by atoms with Crippen molar-refractivity contribution in [2.45, 2.75) is 17.4 Å². The quantitative estimate of drug-likeness (QED) is 0.804. The second-order valence-electron chi connectivity index (χ2n) is 4.09. The van der Waals surface area contributed by atoms with Crippen molar-refractivity contribution < 1.29 is 17.9 Å². The van der Waals surface area contributed by atoms with Gasteiger partial charge < -0.3 is 5.11 Å². The van der Waals surface area contributed by atoms with Crippen molar-refractivity contribution in [2.24, 2.45) is 0 Å². The van der Waals surface area contributed by atoms with E-state index in [2.05, 4.69) is 9.71 Å². The molecule has 0 radical (unpaired) electrons. The number of aliphatic hydroxyl groups is 1. The predicted octanol–water partition coefficient (Wildman–Crippen LogP) is 0.613. The van der Waals surface area contributed by atoms with E-state index >= 15 is 0 Å². The Bertz CT molecular complexity index is 506. The second-order valence-corrected chi connectivity index (χ2v) is 6.73. The molecule has 0 aliphatic rings. The highest BCUT2D eigenvalue weighted by Crippen LogP contribution is 2.12. The third-order valence-corrected chi connectivity index (χ3v) is 4.37. The van der Waals surface area contributed by atoms with Gasteiger partial charge in [0.15, 0.2) is 0 Å². The van der Waals surface area contributed by atoms with Gasteiger partial charge in [-0.15, -0.1) is 0 Å². The van der Waals surface area contributed by atoms with Crippen LogP contribution in [0.15, 0.2) is 23.4 Å². The van der Waals surface area contributed by atoms with Crippen LogP contribution in [0.3, 0.4) is 0 Å². The molecule has 0 spiro atoms. The van der Waals surface area contributed by atoms with Crippen LogP contribution in [-0.2, 0) is 10.0 Å². The van der Waals surface area contributed by atoms with E-state index in [1.807, 2.05) is 0 Å². The number of rotatable bonds is 6. The SMILES string of the molecule is CSCC(C)(O)CNS(=O)(=O)c1cncc(F)c1. The minimum Gasteiger partial charge on any atom is -0.388 e. The van der Waals surface area contributed by atoms with Crippen LogP contribution in [0.1, 0.15) is 6.92 Å². The Labute approximate surface area is 110 Å². The summed E-state index contributed by atoms with van der Waals surface area (Å²) in [5.74, 6) is -0.342. The summed E-state index contributed by atoms with van der Waals surface area (Å²) in [5.41, 5.74) is -1.16. The minimum absolute atomic E-state index is 0.146. The van der Waals surface area contributed by atoms with Crippen molar-refractivity contribution in [3.8, 4) is 0 Å². The van der Waals surface area contributed by atoms with E-state index in [1.165, 1.54) is 18.7 Å². The first-order valence-corrected chi connectivity index (χ1v) is 7.96. The molecule has 0 bridgehead atoms. The van der Waals surface area contributed by atoms with Crippen LogP contribution < -0.4 is 4.72 Å². The fourth-order valence-electron chi connectivity index (χ4n) is 1.24. The van der Waals surface area contributed by atoms with E-state index in [-0.39, 0.29) is 11.4 Å². The number of hydrogen-bond donors (Lipinski definition) is 2. The summed E-state index contributed by atoms with van der Waals surface area (Å²) in [4.78, 5) is 3.21. The van der Waals surface area contributed by atoms with Crippen LogP contribution in [0.25, 0.3) is 0 Å². The first-order valence-electron chi connectivity index (χ1n) is 5.08. The lowest BCUT2D eigenvalue weighted by Crippen LogP contribution is -2.42. The maximum absolute atomic E-state index is 12.9. The molecule has 1 unspecified atom stereocenters. The Morgan fingerprint density at radius 3 is 2.78 bits per heavy atom. The molecule has 8 heteroatoms. The molecule has 18 heavy (non-hydrogen) atoms. The molecule has 0 amide bonds. The van der Waals surface area contributed by atoms with Crippen LogP contribution in [-0.4, -0.2) is 42.7 Å². The normalized spacial score (nSPS) is 15.3. The molecule has 5 nitrogen and oxygen atoms in total. The zero-order valence-electron chi connectivity index (χ0n) is 10.1. The lowest BCUT2D eigenvalue weighted by Gasteiger charge is -2.22. The maximum atomic E-state index is 12.9. The molecule has 1 aromatic rings. The van der Waals surface area contributed by atoms with Crippen molar-refractivity contribution in [1.82, 2.24) is 9.71 Å². The summed E-state index contributed by atoms with van der Waals surface area (Å²) in [6, 6.07) is 0.874. The molecular formula is C10H15FN2O3S2.